The number of fused-ring (bicyclic) bond motifs is 1. The molecule has 8 heteroatoms. The monoisotopic (exact) mass is 382 g/mol. The number of nitrogens with zero attached hydrogens (tertiary/aromatic N) is 4. The lowest BCUT2D eigenvalue weighted by atomic mass is 10.1. The van der Waals surface area contributed by atoms with Gasteiger partial charge in [-0.25, -0.2) is 33.1 Å². The molecule has 2 heterocycles. The average molecular weight is 382 g/mol. The van der Waals surface area contributed by atoms with Crippen molar-refractivity contribution in [1.82, 2.24) is 19.5 Å². The van der Waals surface area contributed by atoms with Crippen LogP contribution in [-0.4, -0.2) is 25.8 Å². The molecule has 2 aromatic carbocycles. The van der Waals surface area contributed by atoms with Crippen LogP contribution >= 0.6 is 11.8 Å². The summed E-state index contributed by atoms with van der Waals surface area (Å²) in [4.78, 5) is 25.1. The molecule has 0 unspecified atom stereocenters. The van der Waals surface area contributed by atoms with Gasteiger partial charge in [0.05, 0.1) is 11.1 Å². The summed E-state index contributed by atoms with van der Waals surface area (Å²) in [5, 5.41) is 0.790. The van der Waals surface area contributed by atoms with Crippen molar-refractivity contribution < 1.29 is 8.78 Å². The Morgan fingerprint density at radius 1 is 0.963 bits per heavy atom. The van der Waals surface area contributed by atoms with Crippen LogP contribution in [0.4, 0.5) is 8.78 Å². The van der Waals surface area contributed by atoms with Gasteiger partial charge in [0.2, 0.25) is 0 Å². The van der Waals surface area contributed by atoms with Gasteiger partial charge in [-0.1, -0.05) is 48.2 Å². The van der Waals surface area contributed by atoms with Crippen LogP contribution in [0, 0.1) is 11.6 Å². The topological polar surface area (TPSA) is 60.7 Å². The van der Waals surface area contributed by atoms with Crippen molar-refractivity contribution >= 4 is 22.8 Å². The Kier molecular flexibility index (Phi) is 4.41. The minimum atomic E-state index is -0.878. The molecule has 4 aromatic rings. The Morgan fingerprint density at radius 3 is 2.33 bits per heavy atom. The van der Waals surface area contributed by atoms with Crippen LogP contribution in [0.5, 0.6) is 0 Å². The number of aromatic nitrogens is 4. The molecule has 0 bridgehead atoms. The molecule has 134 valence electrons. The summed E-state index contributed by atoms with van der Waals surface area (Å²) in [5.74, 6) is -1.76. The van der Waals surface area contributed by atoms with E-state index in [1.807, 2.05) is 30.3 Å². The van der Waals surface area contributed by atoms with E-state index in [0.29, 0.717) is 16.2 Å². The van der Waals surface area contributed by atoms with Gasteiger partial charge in [-0.05, 0) is 18.4 Å². The quantitative estimate of drug-likeness (QED) is 0.398. The molecule has 4 rings (SSSR count). The fourth-order valence-electron chi connectivity index (χ4n) is 2.81. The number of rotatable bonds is 3. The molecule has 0 saturated carbocycles. The van der Waals surface area contributed by atoms with Crippen molar-refractivity contribution in [1.29, 1.82) is 0 Å². The van der Waals surface area contributed by atoms with E-state index in [9.17, 15) is 13.6 Å². The van der Waals surface area contributed by atoms with E-state index in [0.717, 1.165) is 22.3 Å². The first-order valence-electron chi connectivity index (χ1n) is 7.93. The highest BCUT2D eigenvalue weighted by Crippen LogP contribution is 2.28. The molecule has 0 aliphatic carbocycles. The standard InChI is InChI=1S/C19H12F2N4OS/c1-27-18-23-15(11-6-3-2-4-7-11)12-10-22-19(26)25(17(12)24-18)16-13(20)8-5-9-14(16)21/h2-10H,1H3. The van der Waals surface area contributed by atoms with E-state index in [-0.39, 0.29) is 5.65 Å². The van der Waals surface area contributed by atoms with Crippen molar-refractivity contribution in [3.05, 3.63) is 76.8 Å². The van der Waals surface area contributed by atoms with Gasteiger partial charge in [-0.15, -0.1) is 0 Å². The molecule has 2 aromatic heterocycles. The molecular formula is C19H12F2N4OS. The van der Waals surface area contributed by atoms with Crippen LogP contribution in [0.25, 0.3) is 28.0 Å². The molecule has 0 aliphatic rings. The number of hydrogen-bond acceptors (Lipinski definition) is 5. The van der Waals surface area contributed by atoms with Crippen LogP contribution in [0.2, 0.25) is 0 Å². The molecule has 0 fully saturated rings. The Balaban J connectivity index is 2.16. The van der Waals surface area contributed by atoms with Crippen LogP contribution in [0.15, 0.2) is 64.7 Å². The van der Waals surface area contributed by atoms with E-state index >= 15 is 0 Å². The highest BCUT2D eigenvalue weighted by atomic mass is 32.2. The van der Waals surface area contributed by atoms with Crippen molar-refractivity contribution in [2.45, 2.75) is 5.16 Å². The summed E-state index contributed by atoms with van der Waals surface area (Å²) in [6, 6.07) is 12.7. The van der Waals surface area contributed by atoms with Gasteiger partial charge in [0.1, 0.15) is 17.3 Å². The van der Waals surface area contributed by atoms with E-state index < -0.39 is 23.0 Å². The smallest absolute Gasteiger partial charge is 0.245 e. The third kappa shape index (κ3) is 2.97. The maximum Gasteiger partial charge on any atom is 0.354 e. The van der Waals surface area contributed by atoms with Crippen LogP contribution in [0.3, 0.4) is 0 Å². The highest BCUT2D eigenvalue weighted by molar-refractivity contribution is 7.98. The zero-order valence-corrected chi connectivity index (χ0v) is 14.9. The molecule has 0 atom stereocenters. The van der Waals surface area contributed by atoms with E-state index in [1.165, 1.54) is 24.0 Å². The number of thioether (sulfide) groups is 1. The maximum absolute atomic E-state index is 14.4. The van der Waals surface area contributed by atoms with E-state index in [1.54, 1.807) is 6.26 Å². The Morgan fingerprint density at radius 2 is 1.67 bits per heavy atom. The fraction of sp³-hybridized carbons (Fsp3) is 0.0526. The SMILES string of the molecule is CSc1nc(-c2ccccc2)c2cnc(=O)n(-c3c(F)cccc3F)c2n1. The van der Waals surface area contributed by atoms with E-state index in [4.69, 9.17) is 0 Å². The Bertz CT molecular complexity index is 1190. The first-order chi connectivity index (χ1) is 13.1. The average Bonchev–Trinajstić information content (AvgIpc) is 2.69. The predicted octanol–water partition coefficient (Wildman–Crippen LogP) is 3.84. The van der Waals surface area contributed by atoms with Crippen molar-refractivity contribution in [2.75, 3.05) is 6.26 Å². The molecule has 0 radical (unpaired) electrons. The summed E-state index contributed by atoms with van der Waals surface area (Å²) in [6.45, 7) is 0. The molecule has 5 nitrogen and oxygen atoms in total. The Labute approximate surface area is 156 Å². The van der Waals surface area contributed by atoms with Crippen molar-refractivity contribution in [3.63, 3.8) is 0 Å². The number of benzene rings is 2. The molecule has 0 saturated heterocycles. The molecular weight excluding hydrogens is 370 g/mol. The van der Waals surface area contributed by atoms with Crippen LogP contribution in [-0.2, 0) is 0 Å². The van der Waals surface area contributed by atoms with Crippen LogP contribution in [0.1, 0.15) is 0 Å². The number of halogens is 2. The molecule has 0 aliphatic heterocycles. The second-order valence-electron chi connectivity index (χ2n) is 5.61. The lowest BCUT2D eigenvalue weighted by Crippen LogP contribution is -2.24. The summed E-state index contributed by atoms with van der Waals surface area (Å²) in [6.07, 6.45) is 3.11. The summed E-state index contributed by atoms with van der Waals surface area (Å²) < 4.78 is 29.6. The third-order valence-electron chi connectivity index (χ3n) is 4.00. The predicted molar refractivity (Wildman–Crippen MR) is 100 cm³/mol. The number of para-hydroxylation sites is 1. The molecule has 27 heavy (non-hydrogen) atoms. The van der Waals surface area contributed by atoms with Gasteiger partial charge in [0, 0.05) is 11.8 Å². The molecule has 0 spiro atoms. The van der Waals surface area contributed by atoms with Gasteiger partial charge in [0.15, 0.2) is 10.8 Å². The lowest BCUT2D eigenvalue weighted by molar-refractivity contribution is 0.567. The van der Waals surface area contributed by atoms with Crippen molar-refractivity contribution in [2.24, 2.45) is 0 Å². The first kappa shape index (κ1) is 17.3. The second kappa shape index (κ2) is 6.88. The zero-order valence-electron chi connectivity index (χ0n) is 14.1. The minimum absolute atomic E-state index is 0.0946. The normalized spacial score (nSPS) is 11.1. The van der Waals surface area contributed by atoms with Gasteiger partial charge in [0.25, 0.3) is 0 Å². The van der Waals surface area contributed by atoms with Crippen molar-refractivity contribution in [3.8, 4) is 16.9 Å². The van der Waals surface area contributed by atoms with Crippen LogP contribution < -0.4 is 5.69 Å². The highest BCUT2D eigenvalue weighted by Gasteiger charge is 2.19. The van der Waals surface area contributed by atoms with Gasteiger partial charge >= 0.3 is 5.69 Å². The largest absolute Gasteiger partial charge is 0.354 e. The summed E-state index contributed by atoms with van der Waals surface area (Å²) >= 11 is 1.27. The minimum Gasteiger partial charge on any atom is -0.245 e. The maximum atomic E-state index is 14.4. The van der Waals surface area contributed by atoms with Gasteiger partial charge in [-0.2, -0.15) is 0 Å². The Hall–Kier alpha value is -3.13. The van der Waals surface area contributed by atoms with Gasteiger partial charge in [-0.3, -0.25) is 0 Å². The second-order valence-corrected chi connectivity index (χ2v) is 6.38. The lowest BCUT2D eigenvalue weighted by Gasteiger charge is -2.13. The molecule has 0 amide bonds. The summed E-state index contributed by atoms with van der Waals surface area (Å²) in [5.41, 5.74) is 0.0722. The summed E-state index contributed by atoms with van der Waals surface area (Å²) in [7, 11) is 0. The van der Waals surface area contributed by atoms with Gasteiger partial charge < -0.3 is 0 Å². The third-order valence-corrected chi connectivity index (χ3v) is 4.55. The fourth-order valence-corrected chi connectivity index (χ4v) is 3.17. The zero-order chi connectivity index (χ0) is 19.0. The number of hydrogen-bond donors (Lipinski definition) is 0. The van der Waals surface area contributed by atoms with E-state index in [2.05, 4.69) is 15.0 Å². The first-order valence-corrected chi connectivity index (χ1v) is 9.16. The molecule has 0 N–H and O–H groups in total.